The summed E-state index contributed by atoms with van der Waals surface area (Å²) in [5.74, 6) is 5.01. The summed E-state index contributed by atoms with van der Waals surface area (Å²) in [7, 11) is 1.51. The molecule has 2 fully saturated rings. The number of carbonyl (C=O) groups is 4. The number of imide groups is 2. The molecule has 11 heteroatoms. The molecule has 5 N–H and O–H groups in total. The van der Waals surface area contributed by atoms with Gasteiger partial charge in [-0.2, -0.15) is 0 Å². The number of nitrogens with one attached hydrogen (secondary N) is 4. The van der Waals surface area contributed by atoms with Gasteiger partial charge in [0.15, 0.2) is 5.88 Å². The highest BCUT2D eigenvalue weighted by Crippen LogP contribution is 2.32. The van der Waals surface area contributed by atoms with Crippen LogP contribution in [0.3, 0.4) is 0 Å². The van der Waals surface area contributed by atoms with Crippen molar-refractivity contribution in [1.82, 2.24) is 25.8 Å². The van der Waals surface area contributed by atoms with Crippen molar-refractivity contribution in [3.8, 4) is 23.5 Å². The van der Waals surface area contributed by atoms with Gasteiger partial charge in [0.25, 0.3) is 11.8 Å². The molecule has 0 bridgehead atoms. The molecule has 11 nitrogen and oxygen atoms in total. The van der Waals surface area contributed by atoms with E-state index in [-0.39, 0.29) is 12.4 Å². The number of ether oxygens (including phenoxy) is 1. The largest absolute Gasteiger partial charge is 0.497 e. The maximum Gasteiger partial charge on any atom is 0.323 e. The van der Waals surface area contributed by atoms with Crippen LogP contribution in [-0.4, -0.2) is 46.2 Å². The van der Waals surface area contributed by atoms with Crippen LogP contribution < -0.4 is 26.0 Å². The van der Waals surface area contributed by atoms with Gasteiger partial charge in [-0.3, -0.25) is 20.2 Å². The molecular formula is C25H21N5O6. The molecule has 2 atom stereocenters. The van der Waals surface area contributed by atoms with Gasteiger partial charge in [0.2, 0.25) is 5.54 Å². The highest BCUT2D eigenvalue weighted by Gasteiger charge is 2.46. The van der Waals surface area contributed by atoms with E-state index in [0.717, 1.165) is 0 Å². The van der Waals surface area contributed by atoms with Gasteiger partial charge in [-0.05, 0) is 42.8 Å². The summed E-state index contributed by atoms with van der Waals surface area (Å²) in [4.78, 5) is 48.9. The molecule has 0 spiro atoms. The van der Waals surface area contributed by atoms with E-state index in [9.17, 15) is 24.3 Å². The van der Waals surface area contributed by atoms with Gasteiger partial charge in [-0.1, -0.05) is 24.0 Å². The molecule has 182 valence electrons. The highest BCUT2D eigenvalue weighted by molar-refractivity contribution is 6.09. The molecule has 0 saturated carbocycles. The fourth-order valence-corrected chi connectivity index (χ4v) is 4.29. The van der Waals surface area contributed by atoms with Crippen LogP contribution in [0.15, 0.2) is 48.7 Å². The lowest BCUT2D eigenvalue weighted by molar-refractivity contribution is -0.124. The predicted molar refractivity (Wildman–Crippen MR) is 127 cm³/mol. The van der Waals surface area contributed by atoms with Gasteiger partial charge in [0, 0.05) is 22.5 Å². The SMILES string of the molecule is COc1ccc2cn(C[C@@]3(C#Cc4cccc(C5(C)NC(=O)NC5=O)c4)NC(=O)NC3=O)c(O)c2c1. The third-order valence-corrected chi connectivity index (χ3v) is 6.32. The molecule has 5 rings (SSSR count). The lowest BCUT2D eigenvalue weighted by atomic mass is 9.91. The zero-order valence-electron chi connectivity index (χ0n) is 19.3. The highest BCUT2D eigenvalue weighted by atomic mass is 16.5. The summed E-state index contributed by atoms with van der Waals surface area (Å²) in [6, 6.07) is 10.5. The number of aromatic hydroxyl groups is 1. The van der Waals surface area contributed by atoms with Crippen LogP contribution in [0, 0.1) is 11.8 Å². The van der Waals surface area contributed by atoms with Crippen molar-refractivity contribution in [3.63, 3.8) is 0 Å². The smallest absolute Gasteiger partial charge is 0.323 e. The number of rotatable bonds is 4. The molecule has 2 saturated heterocycles. The van der Waals surface area contributed by atoms with E-state index in [2.05, 4.69) is 33.1 Å². The quantitative estimate of drug-likeness (QED) is 0.274. The minimum absolute atomic E-state index is 0.114. The van der Waals surface area contributed by atoms with Crippen molar-refractivity contribution in [3.05, 3.63) is 59.8 Å². The van der Waals surface area contributed by atoms with E-state index < -0.39 is 35.0 Å². The van der Waals surface area contributed by atoms with E-state index >= 15 is 0 Å². The Hall–Kier alpha value is -4.98. The van der Waals surface area contributed by atoms with Crippen molar-refractivity contribution in [2.45, 2.75) is 24.5 Å². The van der Waals surface area contributed by atoms with Crippen LogP contribution >= 0.6 is 0 Å². The van der Waals surface area contributed by atoms with Gasteiger partial charge >= 0.3 is 12.1 Å². The summed E-state index contributed by atoms with van der Waals surface area (Å²) in [6.07, 6.45) is 1.65. The Labute approximate surface area is 204 Å². The Bertz CT molecular complexity index is 1530. The number of carbonyl (C=O) groups excluding carboxylic acids is 4. The lowest BCUT2D eigenvalue weighted by Gasteiger charge is -2.22. The standard InChI is InChI=1S/C25H21N5O6/c1-24(20(32)26-22(34)28-24)16-5-3-4-14(10-16)8-9-25(21(33)27-23(35)29-25)13-30-12-15-6-7-17(36-2)11-18(15)19(30)31/h3-7,10-12,31H,13H2,1-2H3,(H2,26,28,32,34)(H2,27,29,33,35)/t24?,25-/m1/s1. The number of aromatic nitrogens is 1. The lowest BCUT2D eigenvalue weighted by Crippen LogP contribution is -2.49. The van der Waals surface area contributed by atoms with E-state index in [1.807, 2.05) is 0 Å². The van der Waals surface area contributed by atoms with E-state index in [1.165, 1.54) is 11.7 Å². The topological polar surface area (TPSA) is 151 Å². The number of benzene rings is 2. The van der Waals surface area contributed by atoms with Gasteiger partial charge in [0.1, 0.15) is 11.3 Å². The van der Waals surface area contributed by atoms with Gasteiger partial charge in [0.05, 0.1) is 13.7 Å². The molecule has 2 aromatic carbocycles. The number of methoxy groups -OCH3 is 1. The van der Waals surface area contributed by atoms with Crippen LogP contribution in [0.25, 0.3) is 10.8 Å². The van der Waals surface area contributed by atoms with E-state index in [1.54, 1.807) is 55.6 Å². The Balaban J connectivity index is 1.52. The van der Waals surface area contributed by atoms with Crippen LogP contribution in [0.1, 0.15) is 18.1 Å². The second-order valence-electron chi connectivity index (χ2n) is 8.71. The molecule has 3 aromatic rings. The molecule has 0 aliphatic carbocycles. The normalized spacial score (nSPS) is 22.9. The minimum atomic E-state index is -1.67. The Kier molecular flexibility index (Phi) is 5.10. The summed E-state index contributed by atoms with van der Waals surface area (Å²) in [6.45, 7) is 1.40. The van der Waals surface area contributed by atoms with Crippen LogP contribution in [0.4, 0.5) is 9.59 Å². The van der Waals surface area contributed by atoms with Gasteiger partial charge in [-0.15, -0.1) is 0 Å². The zero-order valence-corrected chi connectivity index (χ0v) is 19.3. The predicted octanol–water partition coefficient (Wildman–Crippen LogP) is 1.04. The number of amides is 6. The van der Waals surface area contributed by atoms with Crippen LogP contribution in [0.5, 0.6) is 11.6 Å². The zero-order chi connectivity index (χ0) is 25.7. The third kappa shape index (κ3) is 3.65. The van der Waals surface area contributed by atoms with Crippen molar-refractivity contribution in [2.24, 2.45) is 0 Å². The van der Waals surface area contributed by atoms with Crippen molar-refractivity contribution in [2.75, 3.05) is 7.11 Å². The Morgan fingerprint density at radius 1 is 1.00 bits per heavy atom. The molecule has 3 heterocycles. The number of urea groups is 2. The molecule has 36 heavy (non-hydrogen) atoms. The molecule has 0 radical (unpaired) electrons. The maximum absolute atomic E-state index is 12.9. The fraction of sp³-hybridized carbons (Fsp3) is 0.200. The van der Waals surface area contributed by atoms with Gasteiger partial charge < -0.3 is 25.0 Å². The number of fused-ring (bicyclic) bond motifs is 1. The number of nitrogens with zero attached hydrogens (tertiary/aromatic N) is 1. The fourth-order valence-electron chi connectivity index (χ4n) is 4.29. The molecular weight excluding hydrogens is 466 g/mol. The Morgan fingerprint density at radius 2 is 1.75 bits per heavy atom. The summed E-state index contributed by atoms with van der Waals surface area (Å²) >= 11 is 0. The van der Waals surface area contributed by atoms with E-state index in [0.29, 0.717) is 27.6 Å². The first-order valence-corrected chi connectivity index (χ1v) is 10.9. The Morgan fingerprint density at radius 3 is 2.42 bits per heavy atom. The number of hydrogen-bond donors (Lipinski definition) is 5. The number of hydrogen-bond acceptors (Lipinski definition) is 6. The first-order chi connectivity index (χ1) is 17.1. The summed E-state index contributed by atoms with van der Waals surface area (Å²) in [5.41, 5.74) is -2.01. The first kappa shape index (κ1) is 22.8. The summed E-state index contributed by atoms with van der Waals surface area (Å²) in [5, 5.41) is 21.6. The second kappa shape index (κ2) is 8.06. The molecule has 2 aliphatic rings. The van der Waals surface area contributed by atoms with Crippen LogP contribution in [0.2, 0.25) is 0 Å². The average Bonchev–Trinajstić information content (AvgIpc) is 3.42. The van der Waals surface area contributed by atoms with Crippen molar-refractivity contribution >= 4 is 34.6 Å². The second-order valence-corrected chi connectivity index (χ2v) is 8.71. The monoisotopic (exact) mass is 487 g/mol. The molecule has 1 aromatic heterocycles. The van der Waals surface area contributed by atoms with Gasteiger partial charge in [-0.25, -0.2) is 9.59 Å². The van der Waals surface area contributed by atoms with Crippen molar-refractivity contribution in [1.29, 1.82) is 0 Å². The third-order valence-electron chi connectivity index (χ3n) is 6.32. The van der Waals surface area contributed by atoms with Crippen LogP contribution in [-0.2, 0) is 21.7 Å². The van der Waals surface area contributed by atoms with Crippen molar-refractivity contribution < 1.29 is 29.0 Å². The van der Waals surface area contributed by atoms with E-state index in [4.69, 9.17) is 4.74 Å². The first-order valence-electron chi connectivity index (χ1n) is 10.9. The maximum atomic E-state index is 12.9. The molecule has 1 unspecified atom stereocenters. The molecule has 6 amide bonds. The summed E-state index contributed by atoms with van der Waals surface area (Å²) < 4.78 is 6.64. The average molecular weight is 487 g/mol. The minimum Gasteiger partial charge on any atom is -0.497 e. The molecule has 2 aliphatic heterocycles.